The van der Waals surface area contributed by atoms with E-state index in [4.69, 9.17) is 9.47 Å². The maximum absolute atomic E-state index is 12.4. The first kappa shape index (κ1) is 15.9. The maximum atomic E-state index is 12.4. The SMILES string of the molecule is C=C1C(=O)O[C@H]2/C=C(\C)CC[C@H](OC)[C@@H](C)C(=O)[C@H](O)[C@@H]12. The van der Waals surface area contributed by atoms with E-state index in [1.165, 1.54) is 0 Å². The Morgan fingerprint density at radius 1 is 1.43 bits per heavy atom. The van der Waals surface area contributed by atoms with Gasteiger partial charge in [0.05, 0.1) is 12.0 Å². The van der Waals surface area contributed by atoms with E-state index in [-0.39, 0.29) is 17.5 Å². The standard InChI is InChI=1S/C16H22O5/c1-8-5-6-11(20-4)9(2)14(17)15(18)13-10(3)16(19)21-12(13)7-8/h7,9,11-13,15,18H,3,5-6H2,1-2,4H3/b8-7+/t9-,11+,12+,13+,15-/m1/s1. The molecule has 2 rings (SSSR count). The minimum absolute atomic E-state index is 0.159. The van der Waals surface area contributed by atoms with Crippen molar-refractivity contribution in [3.05, 3.63) is 23.8 Å². The van der Waals surface area contributed by atoms with Gasteiger partial charge in [-0.25, -0.2) is 4.79 Å². The number of hydrogen-bond acceptors (Lipinski definition) is 5. The van der Waals surface area contributed by atoms with E-state index in [1.54, 1.807) is 20.1 Å². The highest BCUT2D eigenvalue weighted by Gasteiger charge is 2.46. The minimum Gasteiger partial charge on any atom is -0.454 e. The van der Waals surface area contributed by atoms with Crippen molar-refractivity contribution in [2.45, 2.75) is 45.0 Å². The molecular formula is C16H22O5. The van der Waals surface area contributed by atoms with Gasteiger partial charge in [-0.05, 0) is 25.8 Å². The molecule has 0 amide bonds. The van der Waals surface area contributed by atoms with Gasteiger partial charge in [-0.3, -0.25) is 4.79 Å². The number of ether oxygens (including phenoxy) is 2. The highest BCUT2D eigenvalue weighted by molar-refractivity contribution is 5.94. The van der Waals surface area contributed by atoms with Crippen molar-refractivity contribution in [2.75, 3.05) is 7.11 Å². The average molecular weight is 294 g/mol. The van der Waals surface area contributed by atoms with Gasteiger partial charge < -0.3 is 14.6 Å². The Bertz CT molecular complexity index is 493. The number of carbonyl (C=O) groups excluding carboxylic acids is 2. The molecular weight excluding hydrogens is 272 g/mol. The molecule has 1 N–H and O–H groups in total. The molecule has 5 atom stereocenters. The molecule has 1 aliphatic heterocycles. The van der Waals surface area contributed by atoms with Gasteiger partial charge in [-0.15, -0.1) is 0 Å². The molecule has 1 aliphatic carbocycles. The Balaban J connectivity index is 2.39. The number of allylic oxidation sites excluding steroid dienone is 1. The number of aliphatic hydroxyl groups excluding tert-OH is 1. The van der Waals surface area contributed by atoms with Crippen molar-refractivity contribution >= 4 is 11.8 Å². The molecule has 116 valence electrons. The summed E-state index contributed by atoms with van der Waals surface area (Å²) in [6.45, 7) is 7.36. The normalized spacial score (nSPS) is 40.3. The summed E-state index contributed by atoms with van der Waals surface area (Å²) in [5, 5.41) is 10.4. The quantitative estimate of drug-likeness (QED) is 0.450. The first-order valence-electron chi connectivity index (χ1n) is 7.18. The number of aliphatic hydroxyl groups is 1. The Hall–Kier alpha value is -1.46. The molecule has 0 spiro atoms. The Morgan fingerprint density at radius 3 is 2.71 bits per heavy atom. The van der Waals surface area contributed by atoms with Crippen LogP contribution in [0.15, 0.2) is 23.8 Å². The van der Waals surface area contributed by atoms with Crippen LogP contribution in [-0.2, 0) is 19.1 Å². The molecule has 1 fully saturated rings. The van der Waals surface area contributed by atoms with Gasteiger partial charge in [0.15, 0.2) is 5.78 Å². The summed E-state index contributed by atoms with van der Waals surface area (Å²) in [6.07, 6.45) is 1.07. The highest BCUT2D eigenvalue weighted by atomic mass is 16.6. The van der Waals surface area contributed by atoms with Gasteiger partial charge in [0, 0.05) is 18.6 Å². The summed E-state index contributed by atoms with van der Waals surface area (Å²) in [5.41, 5.74) is 1.20. The number of fused-ring (bicyclic) bond motifs is 1. The third-order valence-corrected chi connectivity index (χ3v) is 4.47. The van der Waals surface area contributed by atoms with Gasteiger partial charge in [-0.2, -0.15) is 0 Å². The number of hydrogen-bond donors (Lipinski definition) is 1. The molecule has 0 aromatic carbocycles. The van der Waals surface area contributed by atoms with E-state index in [0.29, 0.717) is 6.42 Å². The van der Waals surface area contributed by atoms with E-state index in [9.17, 15) is 14.7 Å². The lowest BCUT2D eigenvalue weighted by atomic mass is 9.81. The lowest BCUT2D eigenvalue weighted by Crippen LogP contribution is -2.42. The first-order valence-corrected chi connectivity index (χ1v) is 7.18. The average Bonchev–Trinajstić information content (AvgIpc) is 2.71. The van der Waals surface area contributed by atoms with Crippen LogP contribution >= 0.6 is 0 Å². The Kier molecular flexibility index (Phi) is 4.64. The molecule has 2 aliphatic rings. The topological polar surface area (TPSA) is 72.8 Å². The number of ketones is 1. The lowest BCUT2D eigenvalue weighted by molar-refractivity contribution is -0.141. The Morgan fingerprint density at radius 2 is 2.10 bits per heavy atom. The van der Waals surface area contributed by atoms with E-state index >= 15 is 0 Å². The zero-order chi connectivity index (χ0) is 15.7. The largest absolute Gasteiger partial charge is 0.454 e. The minimum atomic E-state index is -1.30. The van der Waals surface area contributed by atoms with Crippen molar-refractivity contribution in [3.8, 4) is 0 Å². The molecule has 5 nitrogen and oxygen atoms in total. The molecule has 5 heteroatoms. The summed E-state index contributed by atoms with van der Waals surface area (Å²) in [5.74, 6) is -2.03. The van der Waals surface area contributed by atoms with Crippen molar-refractivity contribution in [1.29, 1.82) is 0 Å². The van der Waals surface area contributed by atoms with Crippen molar-refractivity contribution in [2.24, 2.45) is 11.8 Å². The van der Waals surface area contributed by atoms with Crippen LogP contribution in [0.4, 0.5) is 0 Å². The molecule has 0 unspecified atom stereocenters. The predicted octanol–water partition coefficient (Wildman–Crippen LogP) is 1.41. The zero-order valence-corrected chi connectivity index (χ0v) is 12.7. The summed E-state index contributed by atoms with van der Waals surface area (Å²) in [6, 6.07) is 0. The van der Waals surface area contributed by atoms with E-state index in [1.807, 2.05) is 6.92 Å². The second-order valence-corrected chi connectivity index (χ2v) is 5.88. The van der Waals surface area contributed by atoms with Crippen LogP contribution in [0.1, 0.15) is 26.7 Å². The molecule has 1 heterocycles. The van der Waals surface area contributed by atoms with Crippen LogP contribution in [-0.4, -0.2) is 42.3 Å². The van der Waals surface area contributed by atoms with E-state index in [2.05, 4.69) is 6.58 Å². The van der Waals surface area contributed by atoms with Gasteiger partial charge in [0.25, 0.3) is 0 Å². The van der Waals surface area contributed by atoms with Crippen LogP contribution in [0.2, 0.25) is 0 Å². The van der Waals surface area contributed by atoms with Crippen molar-refractivity contribution < 1.29 is 24.2 Å². The Labute approximate surface area is 124 Å². The lowest BCUT2D eigenvalue weighted by Gasteiger charge is -2.28. The predicted molar refractivity (Wildman–Crippen MR) is 76.5 cm³/mol. The number of rotatable bonds is 1. The molecule has 21 heavy (non-hydrogen) atoms. The smallest absolute Gasteiger partial charge is 0.334 e. The van der Waals surface area contributed by atoms with Crippen molar-refractivity contribution in [3.63, 3.8) is 0 Å². The molecule has 0 aromatic heterocycles. The van der Waals surface area contributed by atoms with Crippen LogP contribution in [0, 0.1) is 11.8 Å². The van der Waals surface area contributed by atoms with E-state index < -0.39 is 30.0 Å². The van der Waals surface area contributed by atoms with Crippen LogP contribution in [0.5, 0.6) is 0 Å². The summed E-state index contributed by atoms with van der Waals surface area (Å²) >= 11 is 0. The summed E-state index contributed by atoms with van der Waals surface area (Å²) in [7, 11) is 1.57. The fraction of sp³-hybridized carbons (Fsp3) is 0.625. The van der Waals surface area contributed by atoms with Crippen LogP contribution in [0.25, 0.3) is 0 Å². The number of Topliss-reactive ketones (excluding diaryl/α,β-unsaturated/α-hetero) is 1. The highest BCUT2D eigenvalue weighted by Crippen LogP contribution is 2.34. The molecule has 0 aromatic rings. The third kappa shape index (κ3) is 2.94. The van der Waals surface area contributed by atoms with Gasteiger partial charge in [0.2, 0.25) is 0 Å². The fourth-order valence-electron chi connectivity index (χ4n) is 3.05. The van der Waals surface area contributed by atoms with Gasteiger partial charge in [-0.1, -0.05) is 19.1 Å². The zero-order valence-electron chi connectivity index (χ0n) is 12.7. The fourth-order valence-corrected chi connectivity index (χ4v) is 3.05. The summed E-state index contributed by atoms with van der Waals surface area (Å²) < 4.78 is 10.6. The second-order valence-electron chi connectivity index (χ2n) is 5.88. The van der Waals surface area contributed by atoms with Crippen LogP contribution in [0.3, 0.4) is 0 Å². The first-order chi connectivity index (χ1) is 9.86. The van der Waals surface area contributed by atoms with Gasteiger partial charge in [0.1, 0.15) is 12.2 Å². The number of esters is 1. The second kappa shape index (κ2) is 6.12. The van der Waals surface area contributed by atoms with Crippen molar-refractivity contribution in [1.82, 2.24) is 0 Å². The number of carbonyl (C=O) groups is 2. The third-order valence-electron chi connectivity index (χ3n) is 4.47. The molecule has 0 bridgehead atoms. The summed E-state index contributed by atoms with van der Waals surface area (Å²) in [4.78, 5) is 24.1. The molecule has 0 saturated carbocycles. The van der Waals surface area contributed by atoms with E-state index in [0.717, 1.165) is 12.0 Å². The van der Waals surface area contributed by atoms with Gasteiger partial charge >= 0.3 is 5.97 Å². The van der Waals surface area contributed by atoms with Crippen LogP contribution < -0.4 is 0 Å². The molecule has 1 saturated heterocycles. The maximum Gasteiger partial charge on any atom is 0.334 e. The number of methoxy groups -OCH3 is 1. The molecule has 0 radical (unpaired) electrons. The monoisotopic (exact) mass is 294 g/mol.